The van der Waals surface area contributed by atoms with Crippen molar-refractivity contribution in [2.45, 2.75) is 6.54 Å². The number of nitrogens with zero attached hydrogens (tertiary/aromatic N) is 4. The van der Waals surface area contributed by atoms with Crippen LogP contribution in [0, 0.1) is 0 Å². The maximum Gasteiger partial charge on any atom is 0.185 e. The Hall–Kier alpha value is -0.690. The molecule has 108 valence electrons. The molecule has 1 aromatic rings. The number of thiazole rings is 1. The fourth-order valence-electron chi connectivity index (χ4n) is 2.21. The van der Waals surface area contributed by atoms with Crippen molar-refractivity contribution in [2.75, 3.05) is 65.3 Å². The van der Waals surface area contributed by atoms with Gasteiger partial charge in [-0.3, -0.25) is 4.90 Å². The SMILES string of the molecule is CNCc1csc(N2CCN(CCN(C)C)CC2)n1. The zero-order valence-electron chi connectivity index (χ0n) is 12.2. The van der Waals surface area contributed by atoms with Crippen molar-refractivity contribution in [1.82, 2.24) is 20.1 Å². The summed E-state index contributed by atoms with van der Waals surface area (Å²) in [6.45, 7) is 7.66. The smallest absolute Gasteiger partial charge is 0.185 e. The number of hydrogen-bond acceptors (Lipinski definition) is 6. The number of aromatic nitrogens is 1. The summed E-state index contributed by atoms with van der Waals surface area (Å²) < 4.78 is 0. The third-order valence-electron chi connectivity index (χ3n) is 3.40. The molecule has 0 unspecified atom stereocenters. The van der Waals surface area contributed by atoms with Gasteiger partial charge < -0.3 is 15.1 Å². The van der Waals surface area contributed by atoms with Crippen LogP contribution in [-0.2, 0) is 6.54 Å². The summed E-state index contributed by atoms with van der Waals surface area (Å²) in [6, 6.07) is 0. The maximum absolute atomic E-state index is 4.68. The molecule has 1 fully saturated rings. The number of rotatable bonds is 6. The van der Waals surface area contributed by atoms with Gasteiger partial charge in [0.15, 0.2) is 5.13 Å². The van der Waals surface area contributed by atoms with Crippen LogP contribution in [0.25, 0.3) is 0 Å². The van der Waals surface area contributed by atoms with E-state index >= 15 is 0 Å². The molecule has 19 heavy (non-hydrogen) atoms. The van der Waals surface area contributed by atoms with E-state index in [1.54, 1.807) is 11.3 Å². The largest absolute Gasteiger partial charge is 0.346 e. The van der Waals surface area contributed by atoms with Gasteiger partial charge in [-0.2, -0.15) is 0 Å². The van der Waals surface area contributed by atoms with Gasteiger partial charge in [0.05, 0.1) is 5.69 Å². The summed E-state index contributed by atoms with van der Waals surface area (Å²) in [5.74, 6) is 0. The number of hydrogen-bond donors (Lipinski definition) is 1. The predicted octanol–water partition coefficient (Wildman–Crippen LogP) is 0.546. The van der Waals surface area contributed by atoms with Crippen LogP contribution < -0.4 is 10.2 Å². The molecule has 0 aromatic carbocycles. The second-order valence-corrected chi connectivity index (χ2v) is 6.12. The molecular weight excluding hydrogens is 258 g/mol. The van der Waals surface area contributed by atoms with Crippen molar-refractivity contribution in [1.29, 1.82) is 0 Å². The predicted molar refractivity (Wildman–Crippen MR) is 82.1 cm³/mol. The fraction of sp³-hybridized carbons (Fsp3) is 0.769. The molecule has 0 aliphatic carbocycles. The lowest BCUT2D eigenvalue weighted by atomic mass is 10.3. The molecule has 1 aliphatic heterocycles. The molecular formula is C13H25N5S. The third kappa shape index (κ3) is 4.42. The third-order valence-corrected chi connectivity index (χ3v) is 4.35. The van der Waals surface area contributed by atoms with Crippen LogP contribution in [0.5, 0.6) is 0 Å². The molecule has 6 heteroatoms. The van der Waals surface area contributed by atoms with Gasteiger partial charge in [0.1, 0.15) is 0 Å². The van der Waals surface area contributed by atoms with Gasteiger partial charge in [0.25, 0.3) is 0 Å². The molecule has 2 heterocycles. The molecule has 0 bridgehead atoms. The van der Waals surface area contributed by atoms with E-state index in [1.807, 2.05) is 7.05 Å². The molecule has 2 rings (SSSR count). The highest BCUT2D eigenvalue weighted by Crippen LogP contribution is 2.21. The Balaban J connectivity index is 1.78. The first-order chi connectivity index (χ1) is 9.19. The summed E-state index contributed by atoms with van der Waals surface area (Å²) in [7, 11) is 6.23. The summed E-state index contributed by atoms with van der Waals surface area (Å²) in [6.07, 6.45) is 0. The molecule has 0 amide bonds. The van der Waals surface area contributed by atoms with E-state index in [-0.39, 0.29) is 0 Å². The topological polar surface area (TPSA) is 34.6 Å². The Morgan fingerprint density at radius 1 is 1.32 bits per heavy atom. The van der Waals surface area contributed by atoms with Crippen LogP contribution in [0.15, 0.2) is 5.38 Å². The van der Waals surface area contributed by atoms with Gasteiger partial charge in [-0.15, -0.1) is 11.3 Å². The Morgan fingerprint density at radius 3 is 2.68 bits per heavy atom. The number of anilines is 1. The van der Waals surface area contributed by atoms with Crippen molar-refractivity contribution >= 4 is 16.5 Å². The Kier molecular flexibility index (Phi) is 5.57. The van der Waals surface area contributed by atoms with E-state index in [0.29, 0.717) is 0 Å². The van der Waals surface area contributed by atoms with E-state index in [2.05, 4.69) is 44.5 Å². The van der Waals surface area contributed by atoms with Crippen molar-refractivity contribution in [3.05, 3.63) is 11.1 Å². The highest BCUT2D eigenvalue weighted by molar-refractivity contribution is 7.13. The lowest BCUT2D eigenvalue weighted by molar-refractivity contribution is 0.229. The molecule has 1 N–H and O–H groups in total. The normalized spacial score (nSPS) is 17.4. The van der Waals surface area contributed by atoms with E-state index in [0.717, 1.165) is 45.0 Å². The minimum absolute atomic E-state index is 0.860. The van der Waals surface area contributed by atoms with Crippen molar-refractivity contribution < 1.29 is 0 Å². The van der Waals surface area contributed by atoms with Gasteiger partial charge in [-0.25, -0.2) is 4.98 Å². The van der Waals surface area contributed by atoms with Crippen molar-refractivity contribution in [2.24, 2.45) is 0 Å². The van der Waals surface area contributed by atoms with Crippen LogP contribution in [0.3, 0.4) is 0 Å². The second kappa shape index (κ2) is 7.19. The molecule has 0 spiro atoms. The average Bonchev–Trinajstić information content (AvgIpc) is 2.86. The second-order valence-electron chi connectivity index (χ2n) is 5.28. The zero-order valence-corrected chi connectivity index (χ0v) is 13.0. The van der Waals surface area contributed by atoms with Gasteiger partial charge in [-0.1, -0.05) is 0 Å². The lowest BCUT2D eigenvalue weighted by Gasteiger charge is -2.35. The molecule has 1 aliphatic rings. The summed E-state index contributed by atoms with van der Waals surface area (Å²) in [5, 5.41) is 6.48. The quantitative estimate of drug-likeness (QED) is 0.825. The van der Waals surface area contributed by atoms with Crippen LogP contribution in [-0.4, -0.2) is 75.2 Å². The van der Waals surface area contributed by atoms with E-state index < -0.39 is 0 Å². The maximum atomic E-state index is 4.68. The molecule has 0 atom stereocenters. The summed E-state index contributed by atoms with van der Waals surface area (Å²) in [4.78, 5) is 11.9. The first kappa shape index (κ1) is 14.7. The standard InChI is InChI=1S/C13H25N5S/c1-14-10-12-11-19-13(15-12)18-8-6-17(7-9-18)5-4-16(2)3/h11,14H,4-10H2,1-3H3. The molecule has 0 saturated carbocycles. The molecule has 5 nitrogen and oxygen atoms in total. The van der Waals surface area contributed by atoms with Crippen LogP contribution >= 0.6 is 11.3 Å². The molecule has 0 radical (unpaired) electrons. The van der Waals surface area contributed by atoms with Gasteiger partial charge in [-0.05, 0) is 21.1 Å². The zero-order chi connectivity index (χ0) is 13.7. The monoisotopic (exact) mass is 283 g/mol. The fourth-order valence-corrected chi connectivity index (χ4v) is 3.09. The van der Waals surface area contributed by atoms with E-state index in [9.17, 15) is 0 Å². The van der Waals surface area contributed by atoms with Gasteiger partial charge in [0.2, 0.25) is 0 Å². The highest BCUT2D eigenvalue weighted by atomic mass is 32.1. The Morgan fingerprint density at radius 2 is 2.05 bits per heavy atom. The summed E-state index contributed by atoms with van der Waals surface area (Å²) in [5.41, 5.74) is 1.15. The molecule has 1 aromatic heterocycles. The number of nitrogens with one attached hydrogen (secondary N) is 1. The van der Waals surface area contributed by atoms with Crippen LogP contribution in [0.2, 0.25) is 0 Å². The van der Waals surface area contributed by atoms with Crippen LogP contribution in [0.4, 0.5) is 5.13 Å². The first-order valence-corrected chi connectivity index (χ1v) is 7.78. The number of likely N-dealkylation sites (N-methyl/N-ethyl adjacent to an activating group) is 1. The average molecular weight is 283 g/mol. The minimum atomic E-state index is 0.860. The summed E-state index contributed by atoms with van der Waals surface area (Å²) >= 11 is 1.76. The first-order valence-electron chi connectivity index (χ1n) is 6.90. The van der Waals surface area contributed by atoms with Gasteiger partial charge in [0, 0.05) is 51.2 Å². The molecule has 1 saturated heterocycles. The lowest BCUT2D eigenvalue weighted by Crippen LogP contribution is -2.48. The Bertz CT molecular complexity index is 371. The minimum Gasteiger partial charge on any atom is -0.346 e. The van der Waals surface area contributed by atoms with E-state index in [1.165, 1.54) is 11.7 Å². The highest BCUT2D eigenvalue weighted by Gasteiger charge is 2.19. The number of piperazine rings is 1. The van der Waals surface area contributed by atoms with E-state index in [4.69, 9.17) is 0 Å². The van der Waals surface area contributed by atoms with Crippen molar-refractivity contribution in [3.63, 3.8) is 0 Å². The van der Waals surface area contributed by atoms with Crippen molar-refractivity contribution in [3.8, 4) is 0 Å². The van der Waals surface area contributed by atoms with Crippen LogP contribution in [0.1, 0.15) is 5.69 Å². The van der Waals surface area contributed by atoms with Gasteiger partial charge >= 0.3 is 0 Å². The Labute approximate surface area is 120 Å².